The van der Waals surface area contributed by atoms with Gasteiger partial charge in [0.1, 0.15) is 22.8 Å². The zero-order valence-corrected chi connectivity index (χ0v) is 21.3. The summed E-state index contributed by atoms with van der Waals surface area (Å²) in [6, 6.07) is 4.22. The van der Waals surface area contributed by atoms with Crippen molar-refractivity contribution in [1.29, 1.82) is 0 Å². The van der Waals surface area contributed by atoms with E-state index >= 15 is 8.78 Å². The Bertz CT molecular complexity index is 1700. The van der Waals surface area contributed by atoms with Crippen LogP contribution in [0.15, 0.2) is 41.4 Å². The average molecular weight is 584 g/mol. The third-order valence-electron chi connectivity index (χ3n) is 5.74. The minimum absolute atomic E-state index is 0.0156. The van der Waals surface area contributed by atoms with Gasteiger partial charge in [-0.05, 0) is 24.6 Å². The van der Waals surface area contributed by atoms with Crippen LogP contribution in [-0.4, -0.2) is 66.1 Å². The monoisotopic (exact) mass is 583 g/mol. The molecule has 0 aliphatic heterocycles. The standard InChI is InChI=1S/C24H21F4N5O6S/c1-39-24-17(8-11(25)9-30-24)40(37,38)33-16-5-4-15(26)18(20(16)28)13-2-3-14-21(19(13)27)31-32-22(14)23(36)29-7-6-12(35)10-34/h2-5,8-9,12,33-35H,6-7,10H2,1H3,(H,29,36)(H,31,32)/t12-/m1/s1. The number of benzene rings is 2. The van der Waals surface area contributed by atoms with Crippen molar-refractivity contribution >= 4 is 32.5 Å². The quantitative estimate of drug-likeness (QED) is 0.178. The summed E-state index contributed by atoms with van der Waals surface area (Å²) in [5, 5.41) is 26.7. The molecule has 0 fully saturated rings. The van der Waals surface area contributed by atoms with Crippen molar-refractivity contribution in [2.24, 2.45) is 0 Å². The van der Waals surface area contributed by atoms with E-state index in [0.29, 0.717) is 18.3 Å². The lowest BCUT2D eigenvalue weighted by Crippen LogP contribution is -2.28. The highest BCUT2D eigenvalue weighted by Gasteiger charge is 2.27. The second-order valence-corrected chi connectivity index (χ2v) is 10.0. The number of H-pyrrole nitrogens is 1. The Morgan fingerprint density at radius 2 is 1.90 bits per heavy atom. The summed E-state index contributed by atoms with van der Waals surface area (Å²) >= 11 is 0. The molecule has 0 radical (unpaired) electrons. The smallest absolute Gasteiger partial charge is 0.269 e. The highest BCUT2D eigenvalue weighted by Crippen LogP contribution is 2.36. The maximum Gasteiger partial charge on any atom is 0.269 e. The number of anilines is 1. The Morgan fingerprint density at radius 3 is 2.60 bits per heavy atom. The van der Waals surface area contributed by atoms with Gasteiger partial charge in [0, 0.05) is 23.6 Å². The number of hydrogen-bond donors (Lipinski definition) is 5. The van der Waals surface area contributed by atoms with Crippen molar-refractivity contribution in [1.82, 2.24) is 20.5 Å². The third kappa shape index (κ3) is 5.54. The van der Waals surface area contributed by atoms with Crippen molar-refractivity contribution in [3.05, 3.63) is 65.5 Å². The largest absolute Gasteiger partial charge is 0.480 e. The molecule has 2 heterocycles. The van der Waals surface area contributed by atoms with Gasteiger partial charge in [0.25, 0.3) is 15.9 Å². The summed E-state index contributed by atoms with van der Waals surface area (Å²) in [6.07, 6.45) is -0.288. The lowest BCUT2D eigenvalue weighted by atomic mass is 10.0. The van der Waals surface area contributed by atoms with Crippen LogP contribution in [0.5, 0.6) is 5.88 Å². The van der Waals surface area contributed by atoms with Crippen LogP contribution in [0, 0.1) is 23.3 Å². The number of aliphatic hydroxyl groups is 2. The predicted octanol–water partition coefficient (Wildman–Crippen LogP) is 2.46. The molecule has 1 amide bonds. The van der Waals surface area contributed by atoms with E-state index in [-0.39, 0.29) is 24.0 Å². The first kappa shape index (κ1) is 28.7. The van der Waals surface area contributed by atoms with E-state index in [0.717, 1.165) is 19.2 Å². The number of nitrogens with one attached hydrogen (secondary N) is 3. The van der Waals surface area contributed by atoms with Gasteiger partial charge in [-0.2, -0.15) is 5.10 Å². The van der Waals surface area contributed by atoms with E-state index in [4.69, 9.17) is 9.84 Å². The number of carbonyl (C=O) groups excluding carboxylic acids is 1. The molecule has 2 aromatic heterocycles. The van der Waals surface area contributed by atoms with Gasteiger partial charge in [0.15, 0.2) is 16.5 Å². The Hall–Kier alpha value is -4.28. The number of pyridine rings is 1. The molecule has 16 heteroatoms. The number of aliphatic hydroxyl groups excluding tert-OH is 2. The third-order valence-corrected chi connectivity index (χ3v) is 7.10. The number of amides is 1. The number of methoxy groups -OCH3 is 1. The molecule has 0 saturated carbocycles. The summed E-state index contributed by atoms with van der Waals surface area (Å²) in [5.41, 5.74) is -2.94. The van der Waals surface area contributed by atoms with Crippen molar-refractivity contribution in [3.8, 4) is 17.0 Å². The van der Waals surface area contributed by atoms with Gasteiger partial charge in [-0.3, -0.25) is 14.6 Å². The first-order valence-corrected chi connectivity index (χ1v) is 12.9. The number of rotatable bonds is 10. The van der Waals surface area contributed by atoms with Crippen LogP contribution in [0.25, 0.3) is 22.0 Å². The van der Waals surface area contributed by atoms with E-state index in [1.165, 1.54) is 6.07 Å². The molecule has 40 heavy (non-hydrogen) atoms. The molecule has 212 valence electrons. The molecule has 5 N–H and O–H groups in total. The first-order valence-electron chi connectivity index (χ1n) is 11.4. The summed E-state index contributed by atoms with van der Waals surface area (Å²) < 4.78 is 91.8. The second-order valence-electron chi connectivity index (χ2n) is 8.35. The lowest BCUT2D eigenvalue weighted by molar-refractivity contribution is 0.0832. The highest BCUT2D eigenvalue weighted by molar-refractivity contribution is 7.92. The van der Waals surface area contributed by atoms with Crippen molar-refractivity contribution in [2.45, 2.75) is 17.4 Å². The first-order chi connectivity index (χ1) is 19.0. The molecule has 4 aromatic rings. The molecule has 0 saturated heterocycles. The average Bonchev–Trinajstić information content (AvgIpc) is 3.36. The summed E-state index contributed by atoms with van der Waals surface area (Å²) in [5.74, 6) is -6.16. The number of carbonyl (C=O) groups is 1. The van der Waals surface area contributed by atoms with Gasteiger partial charge in [0.05, 0.1) is 37.3 Å². The van der Waals surface area contributed by atoms with Gasteiger partial charge in [0.2, 0.25) is 5.88 Å². The molecule has 0 aliphatic rings. The maximum absolute atomic E-state index is 15.5. The van der Waals surface area contributed by atoms with Crippen molar-refractivity contribution < 1.29 is 45.7 Å². The van der Waals surface area contributed by atoms with E-state index in [1.807, 2.05) is 4.72 Å². The topological polar surface area (TPSA) is 167 Å². The highest BCUT2D eigenvalue weighted by atomic mass is 32.2. The van der Waals surface area contributed by atoms with E-state index in [1.54, 1.807) is 0 Å². The second kappa shape index (κ2) is 11.4. The van der Waals surface area contributed by atoms with Gasteiger partial charge in [-0.1, -0.05) is 6.07 Å². The number of aromatic amines is 1. The van der Waals surface area contributed by atoms with E-state index in [9.17, 15) is 27.1 Å². The van der Waals surface area contributed by atoms with Crippen LogP contribution in [0.1, 0.15) is 16.9 Å². The zero-order chi connectivity index (χ0) is 29.2. The number of nitrogens with zero attached hydrogens (tertiary/aromatic N) is 2. The van der Waals surface area contributed by atoms with Crippen LogP contribution in [0.4, 0.5) is 23.2 Å². The molecular weight excluding hydrogens is 562 g/mol. The van der Waals surface area contributed by atoms with Gasteiger partial charge in [-0.15, -0.1) is 0 Å². The Morgan fingerprint density at radius 1 is 1.15 bits per heavy atom. The Labute approximate surface area is 223 Å². The number of sulfonamides is 1. The fourth-order valence-corrected chi connectivity index (χ4v) is 4.97. The molecule has 0 aliphatic carbocycles. The lowest BCUT2D eigenvalue weighted by Gasteiger charge is -2.14. The number of halogens is 4. The van der Waals surface area contributed by atoms with Crippen molar-refractivity contribution in [2.75, 3.05) is 25.0 Å². The molecule has 0 unspecified atom stereocenters. The Kier molecular flexibility index (Phi) is 8.22. The van der Waals surface area contributed by atoms with Crippen LogP contribution in [0.3, 0.4) is 0 Å². The minimum atomic E-state index is -4.70. The number of ether oxygens (including phenoxy) is 1. The van der Waals surface area contributed by atoms with Crippen LogP contribution in [-0.2, 0) is 10.0 Å². The summed E-state index contributed by atoms with van der Waals surface area (Å²) in [4.78, 5) is 15.2. The summed E-state index contributed by atoms with van der Waals surface area (Å²) in [7, 11) is -3.62. The van der Waals surface area contributed by atoms with Crippen molar-refractivity contribution in [3.63, 3.8) is 0 Å². The minimum Gasteiger partial charge on any atom is -0.480 e. The molecule has 2 aromatic carbocycles. The van der Waals surface area contributed by atoms with E-state index in [2.05, 4.69) is 20.5 Å². The van der Waals surface area contributed by atoms with E-state index < -0.39 is 85.0 Å². The molecule has 0 spiro atoms. The van der Waals surface area contributed by atoms with Crippen LogP contribution in [0.2, 0.25) is 0 Å². The molecule has 0 bridgehead atoms. The predicted molar refractivity (Wildman–Crippen MR) is 133 cm³/mol. The zero-order valence-electron chi connectivity index (χ0n) is 20.5. The van der Waals surface area contributed by atoms with Crippen LogP contribution >= 0.6 is 0 Å². The summed E-state index contributed by atoms with van der Waals surface area (Å²) in [6.45, 7) is -0.513. The maximum atomic E-state index is 15.5. The SMILES string of the molecule is COc1ncc(F)cc1S(=O)(=O)Nc1ccc(F)c(-c2ccc3c(C(=O)NCC[C@@H](O)CO)[nH]nc3c2F)c1F. The molecule has 11 nitrogen and oxygen atoms in total. The number of hydrogen-bond acceptors (Lipinski definition) is 8. The van der Waals surface area contributed by atoms with Gasteiger partial charge in [-0.25, -0.2) is 31.0 Å². The van der Waals surface area contributed by atoms with Crippen LogP contribution < -0.4 is 14.8 Å². The fourth-order valence-electron chi connectivity index (χ4n) is 3.78. The molecule has 1 atom stereocenters. The number of fused-ring (bicyclic) bond motifs is 1. The van der Waals surface area contributed by atoms with Gasteiger partial charge >= 0.3 is 0 Å². The van der Waals surface area contributed by atoms with Gasteiger partial charge < -0.3 is 20.3 Å². The number of aromatic nitrogens is 3. The Balaban J connectivity index is 1.70. The fraction of sp³-hybridized carbons (Fsp3) is 0.208. The molecule has 4 rings (SSSR count). The normalized spacial score (nSPS) is 12.4. The molecular formula is C24H21F4N5O6S.